The van der Waals surface area contributed by atoms with Gasteiger partial charge < -0.3 is 4.98 Å². The van der Waals surface area contributed by atoms with Crippen LogP contribution in [0.4, 0.5) is 0 Å². The minimum absolute atomic E-state index is 0.330. The Hall–Kier alpha value is -1.66. The zero-order valence-electron chi connectivity index (χ0n) is 10.9. The van der Waals surface area contributed by atoms with Gasteiger partial charge in [-0.2, -0.15) is 0 Å². The number of aryl methyl sites for hydroxylation is 1. The average Bonchev–Trinajstić information content (AvgIpc) is 2.92. The van der Waals surface area contributed by atoms with Crippen molar-refractivity contribution in [3.63, 3.8) is 0 Å². The summed E-state index contributed by atoms with van der Waals surface area (Å²) in [7, 11) is -3.54. The molecular formula is C13H17N3O2S. The van der Waals surface area contributed by atoms with Crippen LogP contribution in [0.3, 0.4) is 0 Å². The number of hydrogen-bond donors (Lipinski definition) is 2. The van der Waals surface area contributed by atoms with Crippen molar-refractivity contribution >= 4 is 10.0 Å². The van der Waals surface area contributed by atoms with E-state index in [1.165, 1.54) is 0 Å². The molecule has 2 rings (SSSR count). The molecule has 2 N–H and O–H groups in total. The Morgan fingerprint density at radius 3 is 2.74 bits per heavy atom. The first-order valence-electron chi connectivity index (χ1n) is 6.14. The van der Waals surface area contributed by atoms with Gasteiger partial charge in [-0.05, 0) is 25.0 Å². The second-order valence-electron chi connectivity index (χ2n) is 4.28. The summed E-state index contributed by atoms with van der Waals surface area (Å²) in [5, 5.41) is 0. The summed E-state index contributed by atoms with van der Waals surface area (Å²) in [4.78, 5) is 7.29. The van der Waals surface area contributed by atoms with E-state index in [4.69, 9.17) is 0 Å². The van der Waals surface area contributed by atoms with Crippen LogP contribution in [0.5, 0.6) is 0 Å². The van der Waals surface area contributed by atoms with Crippen molar-refractivity contribution in [2.75, 3.05) is 0 Å². The van der Waals surface area contributed by atoms with Gasteiger partial charge in [0.1, 0.15) is 5.82 Å². The largest absolute Gasteiger partial charge is 0.347 e. The van der Waals surface area contributed by atoms with Gasteiger partial charge in [0.05, 0.1) is 10.9 Å². The van der Waals surface area contributed by atoms with Crippen molar-refractivity contribution in [3.05, 3.63) is 48.0 Å². The van der Waals surface area contributed by atoms with Gasteiger partial charge in [-0.1, -0.05) is 25.1 Å². The minimum atomic E-state index is -3.54. The first-order valence-corrected chi connectivity index (χ1v) is 7.62. The summed E-state index contributed by atoms with van der Waals surface area (Å²) >= 11 is 0. The highest BCUT2D eigenvalue weighted by molar-refractivity contribution is 7.89. The Morgan fingerprint density at radius 1 is 1.37 bits per heavy atom. The number of nitrogens with zero attached hydrogens (tertiary/aromatic N) is 1. The lowest BCUT2D eigenvalue weighted by molar-refractivity contribution is 0.560. The van der Waals surface area contributed by atoms with Crippen LogP contribution >= 0.6 is 0 Å². The molecule has 0 aliphatic carbocycles. The predicted molar refractivity (Wildman–Crippen MR) is 73.1 cm³/mol. The highest BCUT2D eigenvalue weighted by Gasteiger charge is 2.21. The van der Waals surface area contributed by atoms with E-state index >= 15 is 0 Å². The average molecular weight is 279 g/mol. The Labute approximate surface area is 113 Å². The van der Waals surface area contributed by atoms with Crippen LogP contribution in [-0.4, -0.2) is 18.4 Å². The van der Waals surface area contributed by atoms with Crippen LogP contribution < -0.4 is 4.72 Å². The van der Waals surface area contributed by atoms with Gasteiger partial charge in [0.2, 0.25) is 10.0 Å². The molecule has 1 atom stereocenters. The van der Waals surface area contributed by atoms with E-state index in [1.807, 2.05) is 19.1 Å². The van der Waals surface area contributed by atoms with Gasteiger partial charge in [-0.3, -0.25) is 0 Å². The lowest BCUT2D eigenvalue weighted by Gasteiger charge is -2.14. The van der Waals surface area contributed by atoms with Crippen LogP contribution in [0.1, 0.15) is 31.3 Å². The molecule has 0 fully saturated rings. The molecule has 0 aliphatic rings. The number of sulfonamides is 1. The lowest BCUT2D eigenvalue weighted by atomic mass is 10.2. The third kappa shape index (κ3) is 3.02. The number of benzene rings is 1. The molecule has 0 bridgehead atoms. The van der Waals surface area contributed by atoms with Crippen molar-refractivity contribution in [1.29, 1.82) is 0 Å². The summed E-state index contributed by atoms with van der Waals surface area (Å²) in [6, 6.07) is 6.62. The number of aromatic nitrogens is 2. The van der Waals surface area contributed by atoms with Crippen molar-refractivity contribution in [3.8, 4) is 0 Å². The third-order valence-electron chi connectivity index (χ3n) is 2.90. The smallest absolute Gasteiger partial charge is 0.241 e. The summed E-state index contributed by atoms with van der Waals surface area (Å²) in [6.07, 6.45) is 3.94. The third-order valence-corrected chi connectivity index (χ3v) is 4.55. The molecular weight excluding hydrogens is 262 g/mol. The molecule has 1 aromatic carbocycles. The Kier molecular flexibility index (Phi) is 4.01. The quantitative estimate of drug-likeness (QED) is 0.879. The van der Waals surface area contributed by atoms with Gasteiger partial charge in [-0.25, -0.2) is 18.1 Å². The number of hydrogen-bond acceptors (Lipinski definition) is 3. The SMILES string of the molecule is CCc1ccccc1S(=O)(=O)N[C@H](C)c1ncc[nH]1. The van der Waals surface area contributed by atoms with Gasteiger partial charge in [-0.15, -0.1) is 0 Å². The maximum atomic E-state index is 12.4. The fourth-order valence-electron chi connectivity index (χ4n) is 1.92. The maximum absolute atomic E-state index is 12.4. The maximum Gasteiger partial charge on any atom is 0.241 e. The van der Waals surface area contributed by atoms with Crippen molar-refractivity contribution < 1.29 is 8.42 Å². The highest BCUT2D eigenvalue weighted by atomic mass is 32.2. The topological polar surface area (TPSA) is 74.8 Å². The summed E-state index contributed by atoms with van der Waals surface area (Å²) < 4.78 is 27.4. The molecule has 19 heavy (non-hydrogen) atoms. The van der Waals surface area contributed by atoms with E-state index in [-0.39, 0.29) is 0 Å². The number of nitrogens with one attached hydrogen (secondary N) is 2. The summed E-state index contributed by atoms with van der Waals surface area (Å²) in [6.45, 7) is 3.69. The van der Waals surface area contributed by atoms with E-state index in [2.05, 4.69) is 14.7 Å². The van der Waals surface area contributed by atoms with E-state index in [0.29, 0.717) is 17.1 Å². The van der Waals surface area contributed by atoms with Crippen LogP contribution in [0.2, 0.25) is 0 Å². The molecule has 1 aromatic heterocycles. The molecule has 0 aliphatic heterocycles. The van der Waals surface area contributed by atoms with Crippen LogP contribution in [0.25, 0.3) is 0 Å². The summed E-state index contributed by atoms with van der Waals surface area (Å²) in [5.41, 5.74) is 0.807. The second kappa shape index (κ2) is 5.54. The molecule has 5 nitrogen and oxygen atoms in total. The highest BCUT2D eigenvalue weighted by Crippen LogP contribution is 2.18. The molecule has 1 heterocycles. The molecule has 0 saturated carbocycles. The summed E-state index contributed by atoms with van der Waals surface area (Å²) in [5.74, 6) is 0.595. The molecule has 6 heteroatoms. The minimum Gasteiger partial charge on any atom is -0.347 e. The number of imidazole rings is 1. The van der Waals surface area contributed by atoms with E-state index in [0.717, 1.165) is 5.56 Å². The van der Waals surface area contributed by atoms with Crippen molar-refractivity contribution in [2.45, 2.75) is 31.2 Å². The van der Waals surface area contributed by atoms with Crippen molar-refractivity contribution in [1.82, 2.24) is 14.7 Å². The molecule has 2 aromatic rings. The van der Waals surface area contributed by atoms with E-state index < -0.39 is 16.1 Å². The molecule has 0 spiro atoms. The van der Waals surface area contributed by atoms with Crippen LogP contribution in [-0.2, 0) is 16.4 Å². The first kappa shape index (κ1) is 13.8. The zero-order valence-corrected chi connectivity index (χ0v) is 11.7. The Bertz CT molecular complexity index is 636. The number of aromatic amines is 1. The van der Waals surface area contributed by atoms with Crippen LogP contribution in [0.15, 0.2) is 41.6 Å². The Balaban J connectivity index is 2.28. The molecule has 0 saturated heterocycles. The van der Waals surface area contributed by atoms with Gasteiger partial charge in [0.15, 0.2) is 0 Å². The fraction of sp³-hybridized carbons (Fsp3) is 0.308. The van der Waals surface area contributed by atoms with Gasteiger partial charge in [0, 0.05) is 12.4 Å². The standard InChI is InChI=1S/C13H17N3O2S/c1-3-11-6-4-5-7-12(11)19(17,18)16-10(2)13-14-8-9-15-13/h4-10,16H,3H2,1-2H3,(H,14,15)/t10-/m1/s1. The molecule has 0 amide bonds. The van der Waals surface area contributed by atoms with Crippen LogP contribution in [0, 0.1) is 0 Å². The zero-order chi connectivity index (χ0) is 13.9. The lowest BCUT2D eigenvalue weighted by Crippen LogP contribution is -2.28. The van der Waals surface area contributed by atoms with Gasteiger partial charge in [0.25, 0.3) is 0 Å². The number of rotatable bonds is 5. The predicted octanol–water partition coefficient (Wildman–Crippen LogP) is 2.01. The normalized spacial score (nSPS) is 13.4. The van der Waals surface area contributed by atoms with Gasteiger partial charge >= 0.3 is 0 Å². The molecule has 102 valence electrons. The number of H-pyrrole nitrogens is 1. The molecule has 0 radical (unpaired) electrons. The second-order valence-corrected chi connectivity index (χ2v) is 5.96. The molecule has 0 unspecified atom stereocenters. The first-order chi connectivity index (χ1) is 9.04. The van der Waals surface area contributed by atoms with E-state index in [9.17, 15) is 8.42 Å². The Morgan fingerprint density at radius 2 is 2.11 bits per heavy atom. The van der Waals surface area contributed by atoms with E-state index in [1.54, 1.807) is 31.5 Å². The monoisotopic (exact) mass is 279 g/mol. The van der Waals surface area contributed by atoms with Crippen molar-refractivity contribution in [2.24, 2.45) is 0 Å². The fourth-order valence-corrected chi connectivity index (χ4v) is 3.44.